The maximum absolute atomic E-state index is 12.6. The summed E-state index contributed by atoms with van der Waals surface area (Å²) >= 11 is 0. The monoisotopic (exact) mass is 316 g/mol. The molecule has 0 saturated carbocycles. The standard InChI is InChI=1S/C16H23F3N2O/c1-12-11-13(3-4-15(12)22-2)14(5-6-16(17,18)19)21-9-7-20-8-10-21/h3-4,11,14,20H,5-10H2,1-2H3/t14-/m0/s1. The Hall–Kier alpha value is -1.27. The third-order valence-electron chi connectivity index (χ3n) is 4.10. The quantitative estimate of drug-likeness (QED) is 0.902. The summed E-state index contributed by atoms with van der Waals surface area (Å²) in [6.07, 6.45) is -4.78. The first-order chi connectivity index (χ1) is 10.4. The predicted octanol–water partition coefficient (Wildman–Crippen LogP) is 3.29. The molecule has 0 radical (unpaired) electrons. The van der Waals surface area contributed by atoms with Crippen molar-refractivity contribution in [1.82, 2.24) is 10.2 Å². The Kier molecular flexibility index (Phi) is 5.69. The summed E-state index contributed by atoms with van der Waals surface area (Å²) in [5.41, 5.74) is 1.89. The fraction of sp³-hybridized carbons (Fsp3) is 0.625. The van der Waals surface area contributed by atoms with Crippen LogP contribution in [0.1, 0.15) is 30.0 Å². The Morgan fingerprint density at radius 1 is 1.27 bits per heavy atom. The molecule has 3 nitrogen and oxygen atoms in total. The average Bonchev–Trinajstić information content (AvgIpc) is 2.47. The molecule has 2 rings (SSSR count). The van der Waals surface area contributed by atoms with Gasteiger partial charge in [-0.05, 0) is 30.5 Å². The second-order valence-electron chi connectivity index (χ2n) is 5.68. The maximum Gasteiger partial charge on any atom is 0.389 e. The molecule has 0 aliphatic carbocycles. The lowest BCUT2D eigenvalue weighted by Gasteiger charge is -2.35. The highest BCUT2D eigenvalue weighted by Crippen LogP contribution is 2.33. The van der Waals surface area contributed by atoms with Crippen LogP contribution in [0.2, 0.25) is 0 Å². The Labute approximate surface area is 129 Å². The van der Waals surface area contributed by atoms with E-state index in [9.17, 15) is 13.2 Å². The van der Waals surface area contributed by atoms with E-state index in [1.54, 1.807) is 7.11 Å². The molecule has 0 bridgehead atoms. The summed E-state index contributed by atoms with van der Waals surface area (Å²) in [6.45, 7) is 5.09. The van der Waals surface area contributed by atoms with E-state index in [1.165, 1.54) is 0 Å². The van der Waals surface area contributed by atoms with Crippen LogP contribution in [0.3, 0.4) is 0 Å². The van der Waals surface area contributed by atoms with Crippen molar-refractivity contribution in [3.63, 3.8) is 0 Å². The minimum absolute atomic E-state index is 0.0925. The van der Waals surface area contributed by atoms with Gasteiger partial charge in [0.2, 0.25) is 0 Å². The molecule has 0 aromatic heterocycles. The molecule has 0 unspecified atom stereocenters. The van der Waals surface area contributed by atoms with E-state index in [1.807, 2.05) is 25.1 Å². The molecule has 1 aliphatic heterocycles. The highest BCUT2D eigenvalue weighted by Gasteiger charge is 2.31. The molecule has 6 heteroatoms. The van der Waals surface area contributed by atoms with Gasteiger partial charge in [0, 0.05) is 38.6 Å². The van der Waals surface area contributed by atoms with Crippen molar-refractivity contribution in [2.45, 2.75) is 32.0 Å². The van der Waals surface area contributed by atoms with Gasteiger partial charge in [0.05, 0.1) is 7.11 Å². The number of halogens is 3. The van der Waals surface area contributed by atoms with E-state index in [2.05, 4.69) is 10.2 Å². The van der Waals surface area contributed by atoms with Gasteiger partial charge in [-0.25, -0.2) is 0 Å². The molecule has 1 aliphatic rings. The van der Waals surface area contributed by atoms with Crippen molar-refractivity contribution in [2.75, 3.05) is 33.3 Å². The molecule has 1 aromatic carbocycles. The number of rotatable bonds is 5. The van der Waals surface area contributed by atoms with E-state index < -0.39 is 12.6 Å². The molecular weight excluding hydrogens is 293 g/mol. The molecule has 0 amide bonds. The largest absolute Gasteiger partial charge is 0.496 e. The molecule has 22 heavy (non-hydrogen) atoms. The van der Waals surface area contributed by atoms with Gasteiger partial charge in [0.25, 0.3) is 0 Å². The number of hydrogen-bond acceptors (Lipinski definition) is 3. The SMILES string of the molecule is COc1ccc([C@H](CCC(F)(F)F)N2CCNCC2)cc1C. The van der Waals surface area contributed by atoms with Gasteiger partial charge in [-0.3, -0.25) is 4.90 Å². The van der Waals surface area contributed by atoms with E-state index >= 15 is 0 Å². The van der Waals surface area contributed by atoms with Crippen LogP contribution in [-0.4, -0.2) is 44.4 Å². The number of ether oxygens (including phenoxy) is 1. The minimum Gasteiger partial charge on any atom is -0.496 e. The predicted molar refractivity (Wildman–Crippen MR) is 80.2 cm³/mol. The summed E-state index contributed by atoms with van der Waals surface area (Å²) in [7, 11) is 1.60. The van der Waals surface area contributed by atoms with Gasteiger partial charge in [0.15, 0.2) is 0 Å². The molecule has 1 N–H and O–H groups in total. The second-order valence-corrected chi connectivity index (χ2v) is 5.68. The minimum atomic E-state index is -4.12. The third kappa shape index (κ3) is 4.61. The molecular formula is C16H23F3N2O. The van der Waals surface area contributed by atoms with Crippen molar-refractivity contribution in [3.05, 3.63) is 29.3 Å². The highest BCUT2D eigenvalue weighted by molar-refractivity contribution is 5.37. The van der Waals surface area contributed by atoms with Crippen molar-refractivity contribution in [2.24, 2.45) is 0 Å². The molecule has 1 saturated heterocycles. The van der Waals surface area contributed by atoms with E-state index in [4.69, 9.17) is 4.74 Å². The fourth-order valence-electron chi connectivity index (χ4n) is 2.96. The molecule has 1 aromatic rings. The number of aryl methyl sites for hydroxylation is 1. The van der Waals surface area contributed by atoms with Gasteiger partial charge >= 0.3 is 6.18 Å². The summed E-state index contributed by atoms with van der Waals surface area (Å²) in [5.74, 6) is 0.763. The topological polar surface area (TPSA) is 24.5 Å². The lowest BCUT2D eigenvalue weighted by Crippen LogP contribution is -2.45. The zero-order chi connectivity index (χ0) is 16.2. The van der Waals surface area contributed by atoms with Gasteiger partial charge in [-0.1, -0.05) is 12.1 Å². The van der Waals surface area contributed by atoms with E-state index in [0.29, 0.717) is 0 Å². The molecule has 1 heterocycles. The van der Waals surface area contributed by atoms with E-state index in [0.717, 1.165) is 43.1 Å². The van der Waals surface area contributed by atoms with Gasteiger partial charge < -0.3 is 10.1 Å². The lowest BCUT2D eigenvalue weighted by molar-refractivity contribution is -0.138. The van der Waals surface area contributed by atoms with Gasteiger partial charge in [0.1, 0.15) is 5.75 Å². The van der Waals surface area contributed by atoms with Crippen LogP contribution in [0.5, 0.6) is 5.75 Å². The Balaban J connectivity index is 2.20. The third-order valence-corrected chi connectivity index (χ3v) is 4.10. The lowest BCUT2D eigenvalue weighted by atomic mass is 9.97. The summed E-state index contributed by atoms with van der Waals surface area (Å²) < 4.78 is 43.2. The van der Waals surface area contributed by atoms with Crippen LogP contribution >= 0.6 is 0 Å². The smallest absolute Gasteiger partial charge is 0.389 e. The van der Waals surface area contributed by atoms with Crippen LogP contribution in [0, 0.1) is 6.92 Å². The van der Waals surface area contributed by atoms with Crippen LogP contribution < -0.4 is 10.1 Å². The normalized spacial score (nSPS) is 18.2. The van der Waals surface area contributed by atoms with Gasteiger partial charge in [-0.2, -0.15) is 13.2 Å². The first-order valence-electron chi connectivity index (χ1n) is 7.57. The number of hydrogen-bond donors (Lipinski definition) is 1. The van der Waals surface area contributed by atoms with Crippen LogP contribution in [0.4, 0.5) is 13.2 Å². The first-order valence-corrected chi connectivity index (χ1v) is 7.57. The molecule has 1 fully saturated rings. The molecule has 0 spiro atoms. The van der Waals surface area contributed by atoms with E-state index in [-0.39, 0.29) is 12.5 Å². The van der Waals surface area contributed by atoms with Crippen LogP contribution in [0.25, 0.3) is 0 Å². The number of benzene rings is 1. The number of alkyl halides is 3. The molecule has 1 atom stereocenters. The Morgan fingerprint density at radius 2 is 1.95 bits per heavy atom. The summed E-state index contributed by atoms with van der Waals surface area (Å²) in [5, 5.41) is 3.24. The highest BCUT2D eigenvalue weighted by atomic mass is 19.4. The van der Waals surface area contributed by atoms with Crippen molar-refractivity contribution in [3.8, 4) is 5.75 Å². The van der Waals surface area contributed by atoms with Crippen molar-refractivity contribution >= 4 is 0 Å². The zero-order valence-electron chi connectivity index (χ0n) is 13.0. The van der Waals surface area contributed by atoms with Crippen molar-refractivity contribution < 1.29 is 17.9 Å². The Bertz CT molecular complexity index is 485. The van der Waals surface area contributed by atoms with Crippen LogP contribution in [-0.2, 0) is 0 Å². The Morgan fingerprint density at radius 3 is 2.50 bits per heavy atom. The van der Waals surface area contributed by atoms with Crippen molar-refractivity contribution in [1.29, 1.82) is 0 Å². The molecule has 124 valence electrons. The summed E-state index contributed by atoms with van der Waals surface area (Å²) in [4.78, 5) is 2.14. The first kappa shape index (κ1) is 17.1. The van der Waals surface area contributed by atoms with Gasteiger partial charge in [-0.15, -0.1) is 0 Å². The number of methoxy groups -OCH3 is 1. The maximum atomic E-state index is 12.6. The summed E-state index contributed by atoms with van der Waals surface area (Å²) in [6, 6.07) is 5.47. The zero-order valence-corrected chi connectivity index (χ0v) is 13.0. The fourth-order valence-corrected chi connectivity index (χ4v) is 2.96. The second kappa shape index (κ2) is 7.33. The average molecular weight is 316 g/mol. The number of nitrogens with zero attached hydrogens (tertiary/aromatic N) is 1. The van der Waals surface area contributed by atoms with Crippen LogP contribution in [0.15, 0.2) is 18.2 Å². The number of piperazine rings is 1. The number of nitrogens with one attached hydrogen (secondary N) is 1.